The largest absolute Gasteiger partial charge is 0.481 e. The molecule has 2 N–H and O–H groups in total. The Morgan fingerprint density at radius 2 is 2.33 bits per heavy atom. The van der Waals surface area contributed by atoms with Crippen LogP contribution in [0, 0.1) is 0 Å². The van der Waals surface area contributed by atoms with E-state index >= 15 is 0 Å². The molecule has 2 bridgehead atoms. The Kier molecular flexibility index (Phi) is 3.72. The van der Waals surface area contributed by atoms with Crippen LogP contribution in [-0.4, -0.2) is 47.5 Å². The number of aromatic nitrogens is 2. The minimum atomic E-state index is -3.64. The summed E-state index contributed by atoms with van der Waals surface area (Å²) in [5.74, 6) is -0.952. The average Bonchev–Trinajstić information content (AvgIpc) is 3.12. The van der Waals surface area contributed by atoms with Crippen LogP contribution in [0.2, 0.25) is 0 Å². The van der Waals surface area contributed by atoms with Gasteiger partial charge < -0.3 is 9.84 Å². The van der Waals surface area contributed by atoms with Crippen LogP contribution >= 0.6 is 0 Å². The van der Waals surface area contributed by atoms with Gasteiger partial charge in [0, 0.05) is 6.20 Å². The molecule has 3 atom stereocenters. The molecule has 3 rings (SSSR count). The van der Waals surface area contributed by atoms with Gasteiger partial charge in [-0.25, -0.2) is 13.1 Å². The summed E-state index contributed by atoms with van der Waals surface area (Å²) >= 11 is 0. The van der Waals surface area contributed by atoms with Gasteiger partial charge in [-0.05, 0) is 19.3 Å². The van der Waals surface area contributed by atoms with Crippen molar-refractivity contribution < 1.29 is 23.1 Å². The van der Waals surface area contributed by atoms with Gasteiger partial charge in [0.15, 0.2) is 0 Å². The van der Waals surface area contributed by atoms with E-state index in [4.69, 9.17) is 9.84 Å². The number of rotatable bonds is 6. The number of nitrogens with one attached hydrogen (secondary N) is 1. The molecule has 116 valence electrons. The third kappa shape index (κ3) is 3.09. The number of fused-ring (bicyclic) bond motifs is 2. The maximum Gasteiger partial charge on any atom is 0.305 e. The minimum absolute atomic E-state index is 0.0353. The van der Waals surface area contributed by atoms with Crippen molar-refractivity contribution in [1.82, 2.24) is 14.5 Å². The van der Waals surface area contributed by atoms with Crippen molar-refractivity contribution in [2.24, 2.45) is 0 Å². The van der Waals surface area contributed by atoms with Gasteiger partial charge in [0.05, 0.1) is 37.4 Å². The highest BCUT2D eigenvalue weighted by atomic mass is 32.2. The second-order valence-electron chi connectivity index (χ2n) is 5.42. The topological polar surface area (TPSA) is 111 Å². The highest BCUT2D eigenvalue weighted by molar-refractivity contribution is 7.89. The maximum absolute atomic E-state index is 12.3. The summed E-state index contributed by atoms with van der Waals surface area (Å²) in [6.07, 6.45) is 5.20. The summed E-state index contributed by atoms with van der Waals surface area (Å²) in [6.45, 7) is 0.141. The summed E-state index contributed by atoms with van der Waals surface area (Å²) in [5, 5.41) is 12.5. The quantitative estimate of drug-likeness (QED) is 0.762. The average molecular weight is 315 g/mol. The third-order valence-electron chi connectivity index (χ3n) is 3.89. The fraction of sp³-hybridized carbons (Fsp3) is 0.667. The predicted molar refractivity (Wildman–Crippen MR) is 71.1 cm³/mol. The van der Waals surface area contributed by atoms with Gasteiger partial charge in [0.25, 0.3) is 0 Å². The molecule has 9 heteroatoms. The third-order valence-corrected chi connectivity index (χ3v) is 5.33. The van der Waals surface area contributed by atoms with Crippen LogP contribution in [0.5, 0.6) is 0 Å². The van der Waals surface area contributed by atoms with Crippen molar-refractivity contribution >= 4 is 16.0 Å². The summed E-state index contributed by atoms with van der Waals surface area (Å²) in [4.78, 5) is 10.5. The van der Waals surface area contributed by atoms with Crippen molar-refractivity contribution in [1.29, 1.82) is 0 Å². The molecule has 3 unspecified atom stereocenters. The number of hydrogen-bond donors (Lipinski definition) is 2. The molecule has 8 nitrogen and oxygen atoms in total. The second kappa shape index (κ2) is 5.39. The number of hydrogen-bond acceptors (Lipinski definition) is 5. The molecule has 21 heavy (non-hydrogen) atoms. The van der Waals surface area contributed by atoms with Crippen LogP contribution in [0.3, 0.4) is 0 Å². The lowest BCUT2D eigenvalue weighted by Gasteiger charge is -2.19. The van der Waals surface area contributed by atoms with Crippen LogP contribution in [0.1, 0.15) is 25.7 Å². The zero-order valence-electron chi connectivity index (χ0n) is 11.3. The molecular weight excluding hydrogens is 298 g/mol. The molecule has 0 aromatic carbocycles. The number of aryl methyl sites for hydroxylation is 1. The summed E-state index contributed by atoms with van der Waals surface area (Å²) in [6, 6.07) is -0.184. The summed E-state index contributed by atoms with van der Waals surface area (Å²) in [5.41, 5.74) is 0. The van der Waals surface area contributed by atoms with Crippen molar-refractivity contribution in [3.63, 3.8) is 0 Å². The number of sulfonamides is 1. The number of carboxylic acids is 1. The van der Waals surface area contributed by atoms with Crippen molar-refractivity contribution in [2.45, 2.75) is 55.4 Å². The number of aliphatic carboxylic acids is 1. The molecule has 1 aromatic rings. The Morgan fingerprint density at radius 1 is 1.52 bits per heavy atom. The zero-order chi connectivity index (χ0) is 15.0. The van der Waals surface area contributed by atoms with Gasteiger partial charge in [-0.15, -0.1) is 0 Å². The van der Waals surface area contributed by atoms with E-state index in [1.54, 1.807) is 0 Å². The number of ether oxygens (including phenoxy) is 1. The molecule has 2 aliphatic heterocycles. The fourth-order valence-electron chi connectivity index (χ4n) is 2.85. The molecule has 0 aliphatic carbocycles. The molecular formula is C12H17N3O5S. The first kappa shape index (κ1) is 14.5. The van der Waals surface area contributed by atoms with E-state index in [1.165, 1.54) is 17.1 Å². The molecule has 0 amide bonds. The molecule has 2 fully saturated rings. The van der Waals surface area contributed by atoms with Crippen LogP contribution in [0.25, 0.3) is 0 Å². The lowest BCUT2D eigenvalue weighted by molar-refractivity contribution is -0.137. The van der Waals surface area contributed by atoms with Crippen molar-refractivity contribution in [3.05, 3.63) is 12.4 Å². The Bertz CT molecular complexity index is 641. The van der Waals surface area contributed by atoms with Crippen LogP contribution in [0.4, 0.5) is 0 Å². The van der Waals surface area contributed by atoms with Crippen LogP contribution < -0.4 is 4.72 Å². The van der Waals surface area contributed by atoms with Gasteiger partial charge in [-0.2, -0.15) is 5.10 Å². The molecule has 0 radical (unpaired) electrons. The van der Waals surface area contributed by atoms with Gasteiger partial charge >= 0.3 is 5.97 Å². The monoisotopic (exact) mass is 315 g/mol. The van der Waals surface area contributed by atoms with Crippen molar-refractivity contribution in [2.75, 3.05) is 0 Å². The molecule has 2 aliphatic rings. The molecule has 3 heterocycles. The van der Waals surface area contributed by atoms with Crippen LogP contribution in [0.15, 0.2) is 17.3 Å². The lowest BCUT2D eigenvalue weighted by atomic mass is 9.96. The van der Waals surface area contributed by atoms with E-state index in [9.17, 15) is 13.2 Å². The highest BCUT2D eigenvalue weighted by Gasteiger charge is 2.42. The number of carbonyl (C=O) groups is 1. The zero-order valence-corrected chi connectivity index (χ0v) is 12.1. The second-order valence-corrected chi connectivity index (χ2v) is 7.13. The number of carboxylic acid groups (broad SMARTS) is 1. The van der Waals surface area contributed by atoms with Gasteiger partial charge in [0.1, 0.15) is 4.90 Å². The molecule has 1 aromatic heterocycles. The van der Waals surface area contributed by atoms with Crippen molar-refractivity contribution in [3.8, 4) is 0 Å². The Labute approximate surface area is 122 Å². The van der Waals surface area contributed by atoms with Gasteiger partial charge in [-0.1, -0.05) is 0 Å². The smallest absolute Gasteiger partial charge is 0.305 e. The first-order valence-electron chi connectivity index (χ1n) is 6.86. The normalized spacial score (nSPS) is 28.1. The molecule has 0 saturated carbocycles. The fourth-order valence-corrected chi connectivity index (χ4v) is 4.07. The standard InChI is InChI=1S/C12H17N3O5S/c16-12(17)3-4-15-7-9(6-13-15)21(18,19)14-10-5-8-1-2-11(10)20-8/h6-8,10-11,14H,1-5H2,(H,16,17). The van der Waals surface area contributed by atoms with E-state index in [1.807, 2.05) is 0 Å². The van der Waals surface area contributed by atoms with E-state index < -0.39 is 16.0 Å². The van der Waals surface area contributed by atoms with Gasteiger partial charge in [0.2, 0.25) is 10.0 Å². The summed E-state index contributed by atoms with van der Waals surface area (Å²) in [7, 11) is -3.64. The molecule has 0 spiro atoms. The summed E-state index contributed by atoms with van der Waals surface area (Å²) < 4.78 is 34.2. The molecule has 2 saturated heterocycles. The SMILES string of the molecule is O=C(O)CCn1cc(S(=O)(=O)NC2CC3CCC2O3)cn1. The van der Waals surface area contributed by atoms with Gasteiger partial charge in [-0.3, -0.25) is 9.48 Å². The lowest BCUT2D eigenvalue weighted by Crippen LogP contribution is -2.41. The van der Waals surface area contributed by atoms with Crippen LogP contribution in [-0.2, 0) is 26.1 Å². The van der Waals surface area contributed by atoms with E-state index in [0.29, 0.717) is 6.42 Å². The van der Waals surface area contributed by atoms with E-state index in [-0.39, 0.29) is 36.1 Å². The minimum Gasteiger partial charge on any atom is -0.481 e. The first-order chi connectivity index (χ1) is 9.94. The maximum atomic E-state index is 12.3. The first-order valence-corrected chi connectivity index (χ1v) is 8.34. The Hall–Kier alpha value is -1.45. The Balaban J connectivity index is 1.66. The predicted octanol–water partition coefficient (Wildman–Crippen LogP) is -0.0440. The van der Waals surface area contributed by atoms with E-state index in [2.05, 4.69) is 9.82 Å². The Morgan fingerprint density at radius 3 is 2.95 bits per heavy atom. The highest BCUT2D eigenvalue weighted by Crippen LogP contribution is 2.34. The number of nitrogens with zero attached hydrogens (tertiary/aromatic N) is 2. The van der Waals surface area contributed by atoms with E-state index in [0.717, 1.165) is 12.8 Å².